The summed E-state index contributed by atoms with van der Waals surface area (Å²) in [5, 5.41) is 0. The first-order chi connectivity index (χ1) is 8.20. The topological polar surface area (TPSA) is 26.0 Å². The van der Waals surface area contributed by atoms with E-state index in [-0.39, 0.29) is 0 Å². The zero-order valence-corrected chi connectivity index (χ0v) is 11.2. The average molecular weight is 231 g/mol. The molecule has 0 bridgehead atoms. The summed E-state index contributed by atoms with van der Waals surface area (Å²) >= 11 is 0. The molecule has 0 spiro atoms. The summed E-state index contributed by atoms with van der Waals surface area (Å²) in [4.78, 5) is 0. The fraction of sp³-hybridized carbons (Fsp3) is 0.625. The second-order valence-electron chi connectivity index (χ2n) is 5.88. The molecule has 94 valence electrons. The number of hydrogen-bond acceptors (Lipinski definition) is 1. The predicted molar refractivity (Wildman–Crippen MR) is 74.1 cm³/mol. The van der Waals surface area contributed by atoms with E-state index in [4.69, 9.17) is 5.73 Å². The van der Waals surface area contributed by atoms with Crippen LogP contribution < -0.4 is 5.73 Å². The molecule has 2 atom stereocenters. The van der Waals surface area contributed by atoms with E-state index in [1.54, 1.807) is 0 Å². The van der Waals surface area contributed by atoms with Gasteiger partial charge in [-0.25, -0.2) is 0 Å². The van der Waals surface area contributed by atoms with Crippen molar-refractivity contribution in [3.05, 3.63) is 35.4 Å². The van der Waals surface area contributed by atoms with Gasteiger partial charge in [-0.3, -0.25) is 0 Å². The normalized spacial score (nSPS) is 24.5. The van der Waals surface area contributed by atoms with Gasteiger partial charge in [-0.15, -0.1) is 0 Å². The third kappa shape index (κ3) is 3.10. The van der Waals surface area contributed by atoms with Gasteiger partial charge in [0, 0.05) is 0 Å². The van der Waals surface area contributed by atoms with Gasteiger partial charge in [0.05, 0.1) is 0 Å². The van der Waals surface area contributed by atoms with Crippen LogP contribution in [0.25, 0.3) is 0 Å². The van der Waals surface area contributed by atoms with Crippen molar-refractivity contribution in [2.24, 2.45) is 17.6 Å². The van der Waals surface area contributed by atoms with Crippen LogP contribution in [0.3, 0.4) is 0 Å². The zero-order valence-electron chi connectivity index (χ0n) is 11.2. The van der Waals surface area contributed by atoms with Gasteiger partial charge in [-0.1, -0.05) is 44.5 Å². The molecule has 1 aliphatic rings. The van der Waals surface area contributed by atoms with Crippen LogP contribution in [0, 0.1) is 11.8 Å². The molecule has 1 heteroatoms. The molecule has 1 fully saturated rings. The van der Waals surface area contributed by atoms with Crippen molar-refractivity contribution in [1.29, 1.82) is 0 Å². The van der Waals surface area contributed by atoms with Crippen LogP contribution in [0.5, 0.6) is 0 Å². The molecule has 17 heavy (non-hydrogen) atoms. The Morgan fingerprint density at radius 2 is 2.12 bits per heavy atom. The highest BCUT2D eigenvalue weighted by Crippen LogP contribution is 2.39. The summed E-state index contributed by atoms with van der Waals surface area (Å²) in [5.74, 6) is 2.16. The highest BCUT2D eigenvalue weighted by atomic mass is 14.6. The minimum absolute atomic E-state index is 0.712. The first-order valence-electron chi connectivity index (χ1n) is 6.99. The number of hydrogen-bond donors (Lipinski definition) is 1. The number of rotatable bonds is 4. The maximum Gasteiger partial charge on any atom is -0.00430 e. The van der Waals surface area contributed by atoms with E-state index in [0.717, 1.165) is 12.5 Å². The van der Waals surface area contributed by atoms with Gasteiger partial charge in [-0.05, 0) is 54.7 Å². The van der Waals surface area contributed by atoms with Gasteiger partial charge in [-0.2, -0.15) is 0 Å². The monoisotopic (exact) mass is 231 g/mol. The molecule has 0 heterocycles. The van der Waals surface area contributed by atoms with Gasteiger partial charge >= 0.3 is 0 Å². The molecule has 1 aliphatic carbocycles. The molecular weight excluding hydrogens is 206 g/mol. The largest absolute Gasteiger partial charge is 0.330 e. The van der Waals surface area contributed by atoms with Crippen LogP contribution in [0.15, 0.2) is 24.3 Å². The molecule has 0 saturated heterocycles. The molecule has 0 aliphatic heterocycles. The van der Waals surface area contributed by atoms with E-state index in [1.165, 1.54) is 36.8 Å². The minimum atomic E-state index is 0.712. The maximum atomic E-state index is 5.88. The molecule has 1 saturated carbocycles. The number of benzene rings is 1. The molecule has 1 nitrogen and oxygen atoms in total. The molecule has 0 radical (unpaired) electrons. The van der Waals surface area contributed by atoms with E-state index >= 15 is 0 Å². The van der Waals surface area contributed by atoms with Crippen molar-refractivity contribution in [3.8, 4) is 0 Å². The second-order valence-corrected chi connectivity index (χ2v) is 5.88. The zero-order chi connectivity index (χ0) is 12.3. The highest BCUT2D eigenvalue weighted by molar-refractivity contribution is 5.28. The molecule has 0 amide bonds. The van der Waals surface area contributed by atoms with Crippen LogP contribution >= 0.6 is 0 Å². The van der Waals surface area contributed by atoms with Crippen molar-refractivity contribution >= 4 is 0 Å². The Kier molecular flexibility index (Phi) is 4.22. The first-order valence-corrected chi connectivity index (χ1v) is 6.99. The summed E-state index contributed by atoms with van der Waals surface area (Å²) in [6, 6.07) is 9.19. The van der Waals surface area contributed by atoms with Gasteiger partial charge in [0.2, 0.25) is 0 Å². The smallest absolute Gasteiger partial charge is 0.00430 e. The molecule has 1 aromatic carbocycles. The lowest BCUT2D eigenvalue weighted by molar-refractivity contribution is 0.495. The Morgan fingerprint density at radius 1 is 1.29 bits per heavy atom. The molecule has 1 aromatic rings. The highest BCUT2D eigenvalue weighted by Gasteiger charge is 2.27. The number of nitrogens with two attached hydrogens (primary N) is 1. The fourth-order valence-corrected chi connectivity index (χ4v) is 3.18. The van der Waals surface area contributed by atoms with E-state index < -0.39 is 0 Å². The Morgan fingerprint density at radius 3 is 2.82 bits per heavy atom. The molecular formula is C16H25N. The van der Waals surface area contributed by atoms with Gasteiger partial charge in [0.25, 0.3) is 0 Å². The fourth-order valence-electron chi connectivity index (χ4n) is 3.18. The van der Waals surface area contributed by atoms with Crippen LogP contribution in [0.2, 0.25) is 0 Å². The summed E-state index contributed by atoms with van der Waals surface area (Å²) < 4.78 is 0. The lowest BCUT2D eigenvalue weighted by Gasteiger charge is -2.19. The third-order valence-corrected chi connectivity index (χ3v) is 3.98. The minimum Gasteiger partial charge on any atom is -0.330 e. The van der Waals surface area contributed by atoms with Gasteiger partial charge in [0.1, 0.15) is 0 Å². The summed E-state index contributed by atoms with van der Waals surface area (Å²) in [5.41, 5.74) is 8.89. The van der Waals surface area contributed by atoms with Crippen molar-refractivity contribution in [2.45, 2.75) is 45.4 Å². The van der Waals surface area contributed by atoms with Crippen molar-refractivity contribution in [2.75, 3.05) is 6.54 Å². The SMILES string of the molecule is CC(C)Cc1cccc(C2CCCC2CN)c1. The van der Waals surface area contributed by atoms with Crippen LogP contribution in [0.1, 0.15) is 50.2 Å². The molecule has 2 unspecified atom stereocenters. The van der Waals surface area contributed by atoms with Crippen molar-refractivity contribution < 1.29 is 0 Å². The Hall–Kier alpha value is -0.820. The van der Waals surface area contributed by atoms with E-state index in [1.807, 2.05) is 0 Å². The molecule has 2 N–H and O–H groups in total. The first kappa shape index (κ1) is 12.6. The van der Waals surface area contributed by atoms with E-state index in [2.05, 4.69) is 38.1 Å². The third-order valence-electron chi connectivity index (χ3n) is 3.98. The lowest BCUT2D eigenvalue weighted by Crippen LogP contribution is -2.17. The molecule has 0 aromatic heterocycles. The Labute approximate surface area is 105 Å². The van der Waals surface area contributed by atoms with Crippen LogP contribution in [-0.2, 0) is 6.42 Å². The Bertz CT molecular complexity index is 356. The predicted octanol–water partition coefficient (Wildman–Crippen LogP) is 3.73. The van der Waals surface area contributed by atoms with Crippen LogP contribution in [-0.4, -0.2) is 6.54 Å². The van der Waals surface area contributed by atoms with Crippen molar-refractivity contribution in [1.82, 2.24) is 0 Å². The quantitative estimate of drug-likeness (QED) is 0.839. The van der Waals surface area contributed by atoms with E-state index in [9.17, 15) is 0 Å². The van der Waals surface area contributed by atoms with Gasteiger partial charge in [0.15, 0.2) is 0 Å². The lowest BCUT2D eigenvalue weighted by atomic mass is 9.87. The summed E-state index contributed by atoms with van der Waals surface area (Å²) in [6.45, 7) is 5.41. The van der Waals surface area contributed by atoms with Crippen molar-refractivity contribution in [3.63, 3.8) is 0 Å². The molecule has 2 rings (SSSR count). The van der Waals surface area contributed by atoms with Crippen LogP contribution in [0.4, 0.5) is 0 Å². The standard InChI is InChI=1S/C16H25N/c1-12(2)9-13-5-3-6-14(10-13)16-8-4-7-15(16)11-17/h3,5-6,10,12,15-16H,4,7-9,11,17H2,1-2H3. The summed E-state index contributed by atoms with van der Waals surface area (Å²) in [6.07, 6.45) is 5.18. The maximum absolute atomic E-state index is 5.88. The average Bonchev–Trinajstić information content (AvgIpc) is 2.76. The Balaban J connectivity index is 2.15. The second kappa shape index (κ2) is 5.68. The van der Waals surface area contributed by atoms with Gasteiger partial charge < -0.3 is 5.73 Å². The van der Waals surface area contributed by atoms with E-state index in [0.29, 0.717) is 11.8 Å². The summed E-state index contributed by atoms with van der Waals surface area (Å²) in [7, 11) is 0.